The van der Waals surface area contributed by atoms with Crippen molar-refractivity contribution < 1.29 is 8.83 Å². The summed E-state index contributed by atoms with van der Waals surface area (Å²) in [4.78, 5) is 16.0. The second-order valence-corrected chi connectivity index (χ2v) is 17.6. The molecule has 0 atom stereocenters. The molecule has 302 valence electrons. The van der Waals surface area contributed by atoms with Crippen LogP contribution in [0.3, 0.4) is 0 Å². The van der Waals surface area contributed by atoms with Gasteiger partial charge in [-0.3, -0.25) is 0 Å². The Morgan fingerprint density at radius 3 is 1.69 bits per heavy atom. The molecule has 9 aromatic carbocycles. The number of nitrogens with zero attached hydrogens (tertiary/aromatic N) is 3. The zero-order valence-electron chi connectivity index (χ0n) is 34.6. The van der Waals surface area contributed by atoms with E-state index in [4.69, 9.17) is 23.8 Å². The number of fused-ring (bicyclic) bond motifs is 13. The largest absolute Gasteiger partial charge is 0.455 e. The summed E-state index contributed by atoms with van der Waals surface area (Å²) in [5.74, 6) is 0.578. The van der Waals surface area contributed by atoms with Gasteiger partial charge in [0.2, 0.25) is 0 Å². The first-order chi connectivity index (χ1) is 32.2. The molecule has 0 bridgehead atoms. The van der Waals surface area contributed by atoms with E-state index >= 15 is 0 Å². The summed E-state index contributed by atoms with van der Waals surface area (Å²) in [6, 6.07) is 70.0. The number of hydrogen-bond donors (Lipinski definition) is 0. The number of rotatable bonds is 5. The van der Waals surface area contributed by atoms with Crippen molar-refractivity contribution in [2.75, 3.05) is 0 Å². The molecule has 0 saturated heterocycles. The molecule has 0 unspecified atom stereocenters. The zero-order chi connectivity index (χ0) is 42.6. The zero-order valence-corrected chi connectivity index (χ0v) is 35.4. The Morgan fingerprint density at radius 1 is 0.354 bits per heavy atom. The van der Waals surface area contributed by atoms with Gasteiger partial charge in [0.05, 0.1) is 28.2 Å². The Hall–Kier alpha value is -8.45. The normalized spacial score (nSPS) is 12.0. The molecule has 0 saturated carbocycles. The van der Waals surface area contributed by atoms with E-state index < -0.39 is 0 Å². The molecular weight excluding hydrogens is 815 g/mol. The topological polar surface area (TPSA) is 65.0 Å². The van der Waals surface area contributed by atoms with Gasteiger partial charge in [-0.05, 0) is 54.1 Å². The van der Waals surface area contributed by atoms with Crippen molar-refractivity contribution in [1.29, 1.82) is 0 Å². The fourth-order valence-corrected chi connectivity index (χ4v) is 11.2. The molecule has 14 rings (SSSR count). The van der Waals surface area contributed by atoms with Crippen LogP contribution in [-0.2, 0) is 0 Å². The van der Waals surface area contributed by atoms with Crippen LogP contribution in [0.15, 0.2) is 209 Å². The standard InChI is InChI=1S/C59H33N3O2S/c1-2-14-36(15-3-1)55-46-32-45(58-54(43-19-7-11-27-52(43)65-58)53(46)41-18-4-8-24-47(41)60-55)34-28-30-35(31-29-34)48-33-49(42-22-12-20-39-37-16-5-9-25-50(37)63-56(39)42)62-59(61-48)44-23-13-21-40-38-17-6-10-26-51(38)64-57(40)44/h1-33H. The molecule has 5 nitrogen and oxygen atoms in total. The van der Waals surface area contributed by atoms with Crippen LogP contribution in [0.1, 0.15) is 0 Å². The van der Waals surface area contributed by atoms with E-state index in [2.05, 4.69) is 164 Å². The van der Waals surface area contributed by atoms with E-state index in [-0.39, 0.29) is 0 Å². The molecule has 0 aliphatic heterocycles. The van der Waals surface area contributed by atoms with Crippen molar-refractivity contribution in [3.63, 3.8) is 0 Å². The van der Waals surface area contributed by atoms with E-state index in [0.717, 1.165) is 105 Å². The molecule has 0 aliphatic rings. The van der Waals surface area contributed by atoms with Crippen molar-refractivity contribution in [1.82, 2.24) is 15.0 Å². The highest BCUT2D eigenvalue weighted by Gasteiger charge is 2.22. The van der Waals surface area contributed by atoms with Crippen molar-refractivity contribution in [2.45, 2.75) is 0 Å². The summed E-state index contributed by atoms with van der Waals surface area (Å²) in [6.45, 7) is 0. The summed E-state index contributed by atoms with van der Waals surface area (Å²) < 4.78 is 15.6. The van der Waals surface area contributed by atoms with Gasteiger partial charge in [0, 0.05) is 80.1 Å². The Balaban J connectivity index is 0.990. The van der Waals surface area contributed by atoms with Gasteiger partial charge in [-0.25, -0.2) is 15.0 Å². The van der Waals surface area contributed by atoms with Crippen LogP contribution in [-0.4, -0.2) is 15.0 Å². The lowest BCUT2D eigenvalue weighted by atomic mass is 9.92. The molecule has 5 heterocycles. The molecule has 0 spiro atoms. The highest BCUT2D eigenvalue weighted by atomic mass is 32.1. The van der Waals surface area contributed by atoms with Gasteiger partial charge in [0.1, 0.15) is 22.3 Å². The predicted molar refractivity (Wildman–Crippen MR) is 269 cm³/mol. The summed E-state index contributed by atoms with van der Waals surface area (Å²) in [6.07, 6.45) is 0. The molecular formula is C59H33N3O2S. The van der Waals surface area contributed by atoms with Crippen molar-refractivity contribution in [3.05, 3.63) is 200 Å². The van der Waals surface area contributed by atoms with Crippen LogP contribution in [0.5, 0.6) is 0 Å². The number of pyridine rings is 1. The van der Waals surface area contributed by atoms with E-state index in [1.165, 1.54) is 31.1 Å². The van der Waals surface area contributed by atoms with Crippen LogP contribution in [0, 0.1) is 0 Å². The average molecular weight is 848 g/mol. The maximum atomic E-state index is 6.57. The number of hydrogen-bond acceptors (Lipinski definition) is 6. The molecule has 0 aliphatic carbocycles. The monoisotopic (exact) mass is 847 g/mol. The summed E-state index contributed by atoms with van der Waals surface area (Å²) in [5, 5.41) is 10.3. The van der Waals surface area contributed by atoms with Crippen LogP contribution in [0.4, 0.5) is 0 Å². The first-order valence-corrected chi connectivity index (χ1v) is 22.6. The van der Waals surface area contributed by atoms with Gasteiger partial charge in [0.15, 0.2) is 5.82 Å². The summed E-state index contributed by atoms with van der Waals surface area (Å²) in [7, 11) is 0. The maximum Gasteiger partial charge on any atom is 0.164 e. The first-order valence-electron chi connectivity index (χ1n) is 21.8. The van der Waals surface area contributed by atoms with E-state index in [0.29, 0.717) is 5.82 Å². The number of aromatic nitrogens is 3. The highest BCUT2D eigenvalue weighted by Crippen LogP contribution is 2.48. The van der Waals surface area contributed by atoms with Crippen LogP contribution >= 0.6 is 11.3 Å². The minimum Gasteiger partial charge on any atom is -0.455 e. The van der Waals surface area contributed by atoms with Crippen LogP contribution < -0.4 is 0 Å². The fourth-order valence-electron chi connectivity index (χ4n) is 9.91. The van der Waals surface area contributed by atoms with Crippen molar-refractivity contribution >= 4 is 97.1 Å². The molecule has 0 fully saturated rings. The second kappa shape index (κ2) is 14.0. The van der Waals surface area contributed by atoms with E-state index in [1.807, 2.05) is 47.7 Å². The predicted octanol–water partition coefficient (Wildman–Crippen LogP) is 16.7. The molecule has 0 amide bonds. The number of furan rings is 2. The molecule has 6 heteroatoms. The van der Waals surface area contributed by atoms with Crippen LogP contribution in [0.25, 0.3) is 142 Å². The van der Waals surface area contributed by atoms with Gasteiger partial charge in [-0.1, -0.05) is 152 Å². The van der Waals surface area contributed by atoms with Crippen molar-refractivity contribution in [3.8, 4) is 56.3 Å². The van der Waals surface area contributed by atoms with Crippen molar-refractivity contribution in [2.24, 2.45) is 0 Å². The maximum absolute atomic E-state index is 6.57. The summed E-state index contributed by atoms with van der Waals surface area (Å²) >= 11 is 1.85. The number of thiophene rings is 1. The third-order valence-corrected chi connectivity index (χ3v) is 14.1. The Kier molecular flexibility index (Phi) is 7.79. The molecule has 14 aromatic rings. The molecule has 5 aromatic heterocycles. The Labute approximate surface area is 375 Å². The third-order valence-electron chi connectivity index (χ3n) is 12.9. The van der Waals surface area contributed by atoms with E-state index in [1.54, 1.807) is 0 Å². The third kappa shape index (κ3) is 5.54. The van der Waals surface area contributed by atoms with Gasteiger partial charge in [0.25, 0.3) is 0 Å². The average Bonchev–Trinajstić information content (AvgIpc) is 4.08. The number of benzene rings is 9. The van der Waals surface area contributed by atoms with Crippen LogP contribution in [0.2, 0.25) is 0 Å². The quantitative estimate of drug-likeness (QED) is 0.161. The number of para-hydroxylation sites is 5. The van der Waals surface area contributed by atoms with Gasteiger partial charge < -0.3 is 8.83 Å². The lowest BCUT2D eigenvalue weighted by Gasteiger charge is -2.15. The SMILES string of the molecule is c1ccc(-c2nc3ccccc3c3c2cc(-c2ccc(-c4cc(-c5cccc6c5oc5ccccc56)nc(-c5cccc6c5oc5ccccc56)n4)cc2)c2sc4ccccc4c23)cc1. The smallest absolute Gasteiger partial charge is 0.164 e. The van der Waals surface area contributed by atoms with Gasteiger partial charge >= 0.3 is 0 Å². The Bertz CT molecular complexity index is 4110. The minimum absolute atomic E-state index is 0.578. The van der Waals surface area contributed by atoms with E-state index in [9.17, 15) is 0 Å². The first kappa shape index (κ1) is 36.1. The Morgan fingerprint density at radius 2 is 0.938 bits per heavy atom. The van der Waals surface area contributed by atoms with Gasteiger partial charge in [-0.2, -0.15) is 0 Å². The second-order valence-electron chi connectivity index (χ2n) is 16.6. The fraction of sp³-hybridized carbons (Fsp3) is 0. The molecule has 65 heavy (non-hydrogen) atoms. The van der Waals surface area contributed by atoms with Gasteiger partial charge in [-0.15, -0.1) is 11.3 Å². The minimum atomic E-state index is 0.578. The lowest BCUT2D eigenvalue weighted by molar-refractivity contribution is 0.669. The highest BCUT2D eigenvalue weighted by molar-refractivity contribution is 7.26. The summed E-state index contributed by atoms with van der Waals surface area (Å²) in [5.41, 5.74) is 12.8. The molecule has 0 radical (unpaired) electrons. The molecule has 0 N–H and O–H groups in total. The lowest BCUT2D eigenvalue weighted by Crippen LogP contribution is -1.96.